The molecule has 1 heterocycles. The van der Waals surface area contributed by atoms with E-state index in [2.05, 4.69) is 11.1 Å². The number of aromatic nitrogens is 1. The minimum Gasteiger partial charge on any atom is -0.468 e. The number of hydrogen-bond acceptors (Lipinski definition) is 4. The van der Waals surface area contributed by atoms with Gasteiger partial charge in [0.15, 0.2) is 13.6 Å². The molecule has 23 heavy (non-hydrogen) atoms. The van der Waals surface area contributed by atoms with Crippen molar-refractivity contribution in [1.82, 2.24) is 4.98 Å². The maximum Gasteiger partial charge on any atom is 0.188 e. The molecule has 0 spiro atoms. The van der Waals surface area contributed by atoms with Crippen molar-refractivity contribution in [3.8, 4) is 22.8 Å². The number of ether oxygens (including phenoxy) is 4. The van der Waals surface area contributed by atoms with Crippen LogP contribution in [0.2, 0.25) is 0 Å². The third-order valence-corrected chi connectivity index (χ3v) is 3.45. The van der Waals surface area contributed by atoms with E-state index in [4.69, 9.17) is 18.9 Å². The number of benzene rings is 2. The van der Waals surface area contributed by atoms with Crippen molar-refractivity contribution in [2.75, 3.05) is 27.8 Å². The summed E-state index contributed by atoms with van der Waals surface area (Å²) in [5.74, 6) is 1.55. The number of aromatic amines is 1. The summed E-state index contributed by atoms with van der Waals surface area (Å²) in [6, 6.07) is 15.9. The number of fused-ring (bicyclic) bond motifs is 1. The molecule has 5 nitrogen and oxygen atoms in total. The number of nitrogens with one attached hydrogen (secondary N) is 1. The van der Waals surface area contributed by atoms with Gasteiger partial charge in [-0.05, 0) is 48.0 Å². The van der Waals surface area contributed by atoms with Crippen molar-refractivity contribution in [1.29, 1.82) is 0 Å². The Balaban J connectivity index is 1.82. The largest absolute Gasteiger partial charge is 0.468 e. The zero-order valence-electron chi connectivity index (χ0n) is 13.2. The van der Waals surface area contributed by atoms with Crippen molar-refractivity contribution in [3.05, 3.63) is 48.5 Å². The molecule has 0 aliphatic heterocycles. The van der Waals surface area contributed by atoms with Crippen molar-refractivity contribution in [3.63, 3.8) is 0 Å². The second-order valence-electron chi connectivity index (χ2n) is 5.06. The molecular formula is C18H19NO4. The van der Waals surface area contributed by atoms with Gasteiger partial charge >= 0.3 is 0 Å². The predicted octanol–water partition coefficient (Wildman–Crippen LogP) is 3.80. The quantitative estimate of drug-likeness (QED) is 0.674. The molecule has 5 heteroatoms. The van der Waals surface area contributed by atoms with Gasteiger partial charge in [-0.15, -0.1) is 0 Å². The summed E-state index contributed by atoms with van der Waals surface area (Å²) in [5, 5.41) is 1.13. The fourth-order valence-electron chi connectivity index (χ4n) is 2.34. The van der Waals surface area contributed by atoms with Crippen LogP contribution in [0.4, 0.5) is 0 Å². The van der Waals surface area contributed by atoms with Gasteiger partial charge < -0.3 is 23.9 Å². The van der Waals surface area contributed by atoms with E-state index in [1.165, 1.54) is 0 Å². The fourth-order valence-corrected chi connectivity index (χ4v) is 2.34. The molecule has 0 saturated carbocycles. The lowest BCUT2D eigenvalue weighted by Crippen LogP contribution is -1.98. The second kappa shape index (κ2) is 7.17. The van der Waals surface area contributed by atoms with E-state index in [0.717, 1.165) is 33.7 Å². The molecule has 3 aromatic rings. The highest BCUT2D eigenvalue weighted by atomic mass is 16.7. The topological polar surface area (TPSA) is 52.7 Å². The SMILES string of the molecule is COCOc1ccc(-c2cc3ccc(OCOC)cc3[nH]2)cc1. The van der Waals surface area contributed by atoms with Crippen LogP contribution in [-0.2, 0) is 9.47 Å². The Hall–Kier alpha value is -2.50. The zero-order chi connectivity index (χ0) is 16.1. The standard InChI is InChI=1S/C18H19NO4/c1-20-11-22-15-6-3-13(4-7-15)17-9-14-5-8-16(23-12-21-2)10-18(14)19-17/h3-10,19H,11-12H2,1-2H3. The molecule has 120 valence electrons. The first-order valence-corrected chi connectivity index (χ1v) is 7.27. The molecule has 0 fully saturated rings. The Labute approximate surface area is 134 Å². The molecule has 1 aromatic heterocycles. The van der Waals surface area contributed by atoms with Crippen LogP contribution in [0.25, 0.3) is 22.2 Å². The molecule has 0 atom stereocenters. The summed E-state index contributed by atoms with van der Waals surface area (Å²) in [4.78, 5) is 3.40. The lowest BCUT2D eigenvalue weighted by Gasteiger charge is -2.05. The van der Waals surface area contributed by atoms with Gasteiger partial charge in [0.05, 0.1) is 0 Å². The van der Waals surface area contributed by atoms with E-state index in [0.29, 0.717) is 0 Å². The third-order valence-electron chi connectivity index (χ3n) is 3.45. The summed E-state index contributed by atoms with van der Waals surface area (Å²) >= 11 is 0. The Kier molecular flexibility index (Phi) is 4.80. The van der Waals surface area contributed by atoms with Gasteiger partial charge in [-0.2, -0.15) is 0 Å². The predicted molar refractivity (Wildman–Crippen MR) is 88.7 cm³/mol. The summed E-state index contributed by atoms with van der Waals surface area (Å²) in [7, 11) is 3.20. The van der Waals surface area contributed by atoms with E-state index >= 15 is 0 Å². The average molecular weight is 313 g/mol. The van der Waals surface area contributed by atoms with Crippen LogP contribution in [0.5, 0.6) is 11.5 Å². The minimum absolute atomic E-state index is 0.238. The van der Waals surface area contributed by atoms with Crippen LogP contribution < -0.4 is 9.47 Å². The van der Waals surface area contributed by atoms with Crippen LogP contribution in [0.1, 0.15) is 0 Å². The van der Waals surface area contributed by atoms with Gasteiger partial charge in [-0.25, -0.2) is 0 Å². The van der Waals surface area contributed by atoms with E-state index in [9.17, 15) is 0 Å². The lowest BCUT2D eigenvalue weighted by atomic mass is 10.1. The molecule has 0 radical (unpaired) electrons. The highest BCUT2D eigenvalue weighted by Crippen LogP contribution is 2.28. The molecule has 0 bridgehead atoms. The van der Waals surface area contributed by atoms with Gasteiger partial charge in [0, 0.05) is 36.9 Å². The first-order chi connectivity index (χ1) is 11.3. The van der Waals surface area contributed by atoms with Gasteiger partial charge in [0.25, 0.3) is 0 Å². The van der Waals surface area contributed by atoms with Crippen molar-refractivity contribution in [2.24, 2.45) is 0 Å². The Bertz CT molecular complexity index is 764. The number of hydrogen-bond donors (Lipinski definition) is 1. The van der Waals surface area contributed by atoms with Crippen LogP contribution >= 0.6 is 0 Å². The Morgan fingerprint density at radius 3 is 2.13 bits per heavy atom. The zero-order valence-corrected chi connectivity index (χ0v) is 13.2. The molecule has 3 rings (SSSR count). The Morgan fingerprint density at radius 1 is 0.783 bits per heavy atom. The van der Waals surface area contributed by atoms with Gasteiger partial charge in [-0.1, -0.05) is 0 Å². The summed E-state index contributed by atoms with van der Waals surface area (Å²) in [5.41, 5.74) is 3.15. The summed E-state index contributed by atoms with van der Waals surface area (Å²) in [6.07, 6.45) is 0. The molecule has 1 N–H and O–H groups in total. The van der Waals surface area contributed by atoms with Gasteiger partial charge in [0.1, 0.15) is 11.5 Å². The summed E-state index contributed by atoms with van der Waals surface area (Å²) in [6.45, 7) is 0.484. The number of rotatable bonds is 7. The minimum atomic E-state index is 0.238. The maximum absolute atomic E-state index is 5.46. The highest BCUT2D eigenvalue weighted by Gasteiger charge is 2.05. The van der Waals surface area contributed by atoms with Crippen LogP contribution in [0.15, 0.2) is 48.5 Å². The Morgan fingerprint density at radius 2 is 1.43 bits per heavy atom. The highest BCUT2D eigenvalue weighted by molar-refractivity contribution is 5.86. The number of H-pyrrole nitrogens is 1. The molecular weight excluding hydrogens is 294 g/mol. The van der Waals surface area contributed by atoms with Gasteiger partial charge in [-0.3, -0.25) is 0 Å². The maximum atomic E-state index is 5.46. The second-order valence-corrected chi connectivity index (χ2v) is 5.06. The third kappa shape index (κ3) is 3.64. The van der Waals surface area contributed by atoms with Crippen molar-refractivity contribution < 1.29 is 18.9 Å². The normalized spacial score (nSPS) is 10.9. The fraction of sp³-hybridized carbons (Fsp3) is 0.222. The monoisotopic (exact) mass is 313 g/mol. The smallest absolute Gasteiger partial charge is 0.188 e. The molecule has 0 unspecified atom stereocenters. The molecule has 2 aromatic carbocycles. The first kappa shape index (κ1) is 15.4. The summed E-state index contributed by atoms with van der Waals surface area (Å²) < 4.78 is 20.7. The van der Waals surface area contributed by atoms with Crippen LogP contribution in [0.3, 0.4) is 0 Å². The van der Waals surface area contributed by atoms with Crippen molar-refractivity contribution in [2.45, 2.75) is 0 Å². The molecule has 0 saturated heterocycles. The molecule has 0 amide bonds. The van der Waals surface area contributed by atoms with Gasteiger partial charge in [0.2, 0.25) is 0 Å². The van der Waals surface area contributed by atoms with E-state index < -0.39 is 0 Å². The lowest BCUT2D eigenvalue weighted by molar-refractivity contribution is 0.0510. The molecule has 0 aliphatic carbocycles. The average Bonchev–Trinajstić information content (AvgIpc) is 3.01. The van der Waals surface area contributed by atoms with E-state index in [1.807, 2.05) is 42.5 Å². The number of methoxy groups -OCH3 is 2. The van der Waals surface area contributed by atoms with Crippen LogP contribution in [-0.4, -0.2) is 32.8 Å². The van der Waals surface area contributed by atoms with Crippen LogP contribution in [0, 0.1) is 0 Å². The van der Waals surface area contributed by atoms with E-state index in [-0.39, 0.29) is 13.6 Å². The first-order valence-electron chi connectivity index (χ1n) is 7.27. The van der Waals surface area contributed by atoms with E-state index in [1.54, 1.807) is 14.2 Å². The van der Waals surface area contributed by atoms with Crippen molar-refractivity contribution >= 4 is 10.9 Å². The molecule has 0 aliphatic rings.